The summed E-state index contributed by atoms with van der Waals surface area (Å²) in [6.07, 6.45) is 0.755. The normalized spacial score (nSPS) is 12.7. The summed E-state index contributed by atoms with van der Waals surface area (Å²) >= 11 is 5.73. The van der Waals surface area contributed by atoms with E-state index < -0.39 is 0 Å². The van der Waals surface area contributed by atoms with Crippen LogP contribution in [0.15, 0.2) is 34.7 Å². The van der Waals surface area contributed by atoms with Gasteiger partial charge < -0.3 is 10.2 Å². The third-order valence-corrected chi connectivity index (χ3v) is 3.19. The van der Waals surface area contributed by atoms with Crippen LogP contribution in [0.5, 0.6) is 0 Å². The van der Waals surface area contributed by atoms with Crippen molar-refractivity contribution in [3.05, 3.63) is 58.0 Å². The Morgan fingerprint density at radius 2 is 1.94 bits per heavy atom. The highest BCUT2D eigenvalue weighted by atomic mass is 35.5. The van der Waals surface area contributed by atoms with Crippen LogP contribution in [0, 0.1) is 13.8 Å². The lowest BCUT2D eigenvalue weighted by Crippen LogP contribution is -2.12. The summed E-state index contributed by atoms with van der Waals surface area (Å²) in [6, 6.07) is 9.79. The molecule has 1 atom stereocenters. The molecule has 0 saturated heterocycles. The summed E-state index contributed by atoms with van der Waals surface area (Å²) in [5.74, 6) is 0.730. The lowest BCUT2D eigenvalue weighted by Gasteiger charge is -2.10. The molecule has 1 heterocycles. The highest BCUT2D eigenvalue weighted by molar-refractivity contribution is 6.28. The van der Waals surface area contributed by atoms with Crippen molar-refractivity contribution in [3.63, 3.8) is 0 Å². The van der Waals surface area contributed by atoms with Crippen LogP contribution in [0.4, 0.5) is 0 Å². The maximum absolute atomic E-state index is 6.08. The van der Waals surface area contributed by atoms with Gasteiger partial charge in [-0.05, 0) is 60.7 Å². The van der Waals surface area contributed by atoms with Gasteiger partial charge in [-0.1, -0.05) is 18.2 Å². The maximum atomic E-state index is 6.08. The molecule has 3 heteroatoms. The third-order valence-electron chi connectivity index (χ3n) is 2.99. The van der Waals surface area contributed by atoms with E-state index >= 15 is 0 Å². The van der Waals surface area contributed by atoms with Gasteiger partial charge in [0.15, 0.2) is 5.22 Å². The summed E-state index contributed by atoms with van der Waals surface area (Å²) in [4.78, 5) is 0. The SMILES string of the molecule is Cc1ccc(CC(N)c2ccc(Cl)o2)cc1C. The number of rotatable bonds is 3. The van der Waals surface area contributed by atoms with Gasteiger partial charge in [0.1, 0.15) is 5.76 Å². The predicted octanol–water partition coefficient (Wildman–Crippen LogP) is 3.79. The molecule has 0 fully saturated rings. The van der Waals surface area contributed by atoms with Crippen molar-refractivity contribution in [1.82, 2.24) is 0 Å². The number of hydrogen-bond donors (Lipinski definition) is 1. The molecule has 0 saturated carbocycles. The standard InChI is InChI=1S/C14H16ClNO/c1-9-3-4-11(7-10(9)2)8-12(16)13-5-6-14(15)17-13/h3-7,12H,8,16H2,1-2H3. The fraction of sp³-hybridized carbons (Fsp3) is 0.286. The van der Waals surface area contributed by atoms with Crippen LogP contribution in [0.25, 0.3) is 0 Å². The van der Waals surface area contributed by atoms with Gasteiger partial charge >= 0.3 is 0 Å². The minimum Gasteiger partial charge on any atom is -0.448 e. The van der Waals surface area contributed by atoms with Crippen LogP contribution < -0.4 is 5.73 Å². The molecular weight excluding hydrogens is 234 g/mol. The Bertz CT molecular complexity index is 519. The molecule has 1 aromatic carbocycles. The molecule has 2 aromatic rings. The molecule has 1 aromatic heterocycles. The molecule has 0 bridgehead atoms. The molecule has 2 rings (SSSR count). The Kier molecular flexibility index (Phi) is 3.55. The van der Waals surface area contributed by atoms with Crippen molar-refractivity contribution < 1.29 is 4.42 Å². The smallest absolute Gasteiger partial charge is 0.193 e. The molecule has 2 nitrogen and oxygen atoms in total. The zero-order chi connectivity index (χ0) is 12.4. The minimum absolute atomic E-state index is 0.149. The molecule has 0 aliphatic heterocycles. The molecule has 17 heavy (non-hydrogen) atoms. The Balaban J connectivity index is 2.12. The molecular formula is C14H16ClNO. The van der Waals surface area contributed by atoms with E-state index in [0.717, 1.165) is 12.2 Å². The summed E-state index contributed by atoms with van der Waals surface area (Å²) in [6.45, 7) is 4.21. The van der Waals surface area contributed by atoms with E-state index in [2.05, 4.69) is 32.0 Å². The fourth-order valence-corrected chi connectivity index (χ4v) is 1.96. The number of nitrogens with two attached hydrogens (primary N) is 1. The third kappa shape index (κ3) is 2.90. The van der Waals surface area contributed by atoms with Crippen LogP contribution >= 0.6 is 11.6 Å². The van der Waals surface area contributed by atoms with Crippen LogP contribution in [0.3, 0.4) is 0 Å². The van der Waals surface area contributed by atoms with Gasteiger partial charge in [0.25, 0.3) is 0 Å². The van der Waals surface area contributed by atoms with Crippen molar-refractivity contribution in [2.24, 2.45) is 5.73 Å². The van der Waals surface area contributed by atoms with E-state index in [1.165, 1.54) is 16.7 Å². The minimum atomic E-state index is -0.149. The second-order valence-electron chi connectivity index (χ2n) is 4.37. The van der Waals surface area contributed by atoms with E-state index in [1.807, 2.05) is 6.07 Å². The Hall–Kier alpha value is -1.25. The van der Waals surface area contributed by atoms with Gasteiger partial charge in [-0.15, -0.1) is 0 Å². The van der Waals surface area contributed by atoms with Crippen molar-refractivity contribution in [2.45, 2.75) is 26.3 Å². The first-order valence-electron chi connectivity index (χ1n) is 5.63. The van der Waals surface area contributed by atoms with Crippen LogP contribution in [-0.4, -0.2) is 0 Å². The lowest BCUT2D eigenvalue weighted by atomic mass is 10.0. The highest BCUT2D eigenvalue weighted by Gasteiger charge is 2.11. The Morgan fingerprint density at radius 3 is 2.53 bits per heavy atom. The van der Waals surface area contributed by atoms with Crippen molar-refractivity contribution >= 4 is 11.6 Å². The zero-order valence-electron chi connectivity index (χ0n) is 10.0. The van der Waals surface area contributed by atoms with E-state index in [1.54, 1.807) is 6.07 Å². The van der Waals surface area contributed by atoms with Gasteiger partial charge in [0.05, 0.1) is 6.04 Å². The number of aryl methyl sites for hydroxylation is 2. The quantitative estimate of drug-likeness (QED) is 0.899. The first kappa shape index (κ1) is 12.2. The van der Waals surface area contributed by atoms with E-state index in [-0.39, 0.29) is 6.04 Å². The van der Waals surface area contributed by atoms with Gasteiger partial charge in [-0.2, -0.15) is 0 Å². The van der Waals surface area contributed by atoms with Gasteiger partial charge in [-0.3, -0.25) is 0 Å². The van der Waals surface area contributed by atoms with Crippen molar-refractivity contribution in [1.29, 1.82) is 0 Å². The molecule has 2 N–H and O–H groups in total. The predicted molar refractivity (Wildman–Crippen MR) is 70.3 cm³/mol. The summed E-state index contributed by atoms with van der Waals surface area (Å²) in [5.41, 5.74) is 9.87. The number of benzene rings is 1. The summed E-state index contributed by atoms with van der Waals surface area (Å²) in [7, 11) is 0. The molecule has 0 aliphatic rings. The van der Waals surface area contributed by atoms with Crippen LogP contribution in [0.1, 0.15) is 28.5 Å². The highest BCUT2D eigenvalue weighted by Crippen LogP contribution is 2.22. The Morgan fingerprint density at radius 1 is 1.18 bits per heavy atom. The average Bonchev–Trinajstić information content (AvgIpc) is 2.70. The van der Waals surface area contributed by atoms with Crippen LogP contribution in [0.2, 0.25) is 5.22 Å². The second kappa shape index (κ2) is 4.94. The van der Waals surface area contributed by atoms with Crippen molar-refractivity contribution in [2.75, 3.05) is 0 Å². The number of halogens is 1. The van der Waals surface area contributed by atoms with E-state index in [9.17, 15) is 0 Å². The summed E-state index contributed by atoms with van der Waals surface area (Å²) < 4.78 is 5.31. The van der Waals surface area contributed by atoms with Crippen LogP contribution in [-0.2, 0) is 6.42 Å². The molecule has 1 unspecified atom stereocenters. The second-order valence-corrected chi connectivity index (χ2v) is 4.74. The van der Waals surface area contributed by atoms with Gasteiger partial charge in [0.2, 0.25) is 0 Å². The average molecular weight is 250 g/mol. The maximum Gasteiger partial charge on any atom is 0.193 e. The zero-order valence-corrected chi connectivity index (χ0v) is 10.8. The molecule has 0 spiro atoms. The first-order chi connectivity index (χ1) is 8.06. The summed E-state index contributed by atoms with van der Waals surface area (Å²) in [5, 5.41) is 0.385. The molecule has 0 aliphatic carbocycles. The van der Waals surface area contributed by atoms with Gasteiger partial charge in [-0.25, -0.2) is 0 Å². The fourth-order valence-electron chi connectivity index (χ4n) is 1.81. The first-order valence-corrected chi connectivity index (χ1v) is 6.01. The molecule has 0 radical (unpaired) electrons. The van der Waals surface area contributed by atoms with E-state index in [0.29, 0.717) is 5.22 Å². The largest absolute Gasteiger partial charge is 0.448 e. The Labute approximate surface area is 106 Å². The molecule has 0 amide bonds. The van der Waals surface area contributed by atoms with Crippen molar-refractivity contribution in [3.8, 4) is 0 Å². The molecule has 90 valence electrons. The number of hydrogen-bond acceptors (Lipinski definition) is 2. The van der Waals surface area contributed by atoms with E-state index in [4.69, 9.17) is 21.8 Å². The topological polar surface area (TPSA) is 39.2 Å². The lowest BCUT2D eigenvalue weighted by molar-refractivity contribution is 0.466. The van der Waals surface area contributed by atoms with Gasteiger partial charge in [0, 0.05) is 0 Å². The monoisotopic (exact) mass is 249 g/mol. The number of furan rings is 1.